The summed E-state index contributed by atoms with van der Waals surface area (Å²) in [6, 6.07) is 7.26. The van der Waals surface area contributed by atoms with Gasteiger partial charge in [0, 0.05) is 11.6 Å². The maximum absolute atomic E-state index is 11.8. The number of nitrogens with one attached hydrogen (secondary N) is 2. The molecule has 3 aromatic rings. The Balaban J connectivity index is 1.91. The fraction of sp³-hybridized carbons (Fsp3) is 0.0833. The Hall–Kier alpha value is -2.21. The predicted molar refractivity (Wildman–Crippen MR) is 71.8 cm³/mol. The zero-order chi connectivity index (χ0) is 12.4. The number of rotatable bonds is 3. The molecule has 2 heterocycles. The number of anilines is 1. The number of hydrogen-bond acceptors (Lipinski definition) is 5. The molecule has 0 radical (unpaired) electrons. The molecule has 6 heteroatoms. The van der Waals surface area contributed by atoms with Gasteiger partial charge in [-0.25, -0.2) is 9.97 Å². The van der Waals surface area contributed by atoms with Crippen LogP contribution >= 0.6 is 11.3 Å². The molecule has 1 aromatic carbocycles. The number of para-hydroxylation sites is 1. The summed E-state index contributed by atoms with van der Waals surface area (Å²) >= 11 is 1.56. The Morgan fingerprint density at radius 1 is 1.33 bits per heavy atom. The summed E-state index contributed by atoms with van der Waals surface area (Å²) in [6.07, 6.45) is 1.75. The lowest BCUT2D eigenvalue weighted by atomic mass is 10.2. The van der Waals surface area contributed by atoms with Crippen LogP contribution in [0.4, 0.5) is 5.95 Å². The first-order chi connectivity index (χ1) is 8.83. The quantitative estimate of drug-likeness (QED) is 0.753. The van der Waals surface area contributed by atoms with Crippen LogP contribution in [-0.4, -0.2) is 15.0 Å². The van der Waals surface area contributed by atoms with Crippen LogP contribution in [0.15, 0.2) is 40.6 Å². The number of nitrogens with zero attached hydrogens (tertiary/aromatic N) is 2. The SMILES string of the molecule is O=c1[nH]c(NCc2nccs2)nc2ccccc12. The van der Waals surface area contributed by atoms with Gasteiger partial charge < -0.3 is 5.32 Å². The molecule has 0 saturated carbocycles. The molecule has 0 aliphatic rings. The lowest BCUT2D eigenvalue weighted by molar-refractivity contribution is 1.04. The molecule has 2 aromatic heterocycles. The van der Waals surface area contributed by atoms with Crippen LogP contribution in [0.3, 0.4) is 0 Å². The van der Waals surface area contributed by atoms with E-state index in [9.17, 15) is 4.79 Å². The van der Waals surface area contributed by atoms with Crippen LogP contribution in [0.2, 0.25) is 0 Å². The summed E-state index contributed by atoms with van der Waals surface area (Å²) < 4.78 is 0. The Morgan fingerprint density at radius 3 is 3.06 bits per heavy atom. The van der Waals surface area contributed by atoms with Gasteiger partial charge >= 0.3 is 0 Å². The molecule has 3 rings (SSSR count). The van der Waals surface area contributed by atoms with Crippen molar-refractivity contribution in [1.29, 1.82) is 0 Å². The fourth-order valence-corrected chi connectivity index (χ4v) is 2.23. The summed E-state index contributed by atoms with van der Waals surface area (Å²) in [5.74, 6) is 0.467. The van der Waals surface area contributed by atoms with Gasteiger partial charge in [-0.15, -0.1) is 11.3 Å². The summed E-state index contributed by atoms with van der Waals surface area (Å²) in [6.45, 7) is 0.555. The third-order valence-corrected chi connectivity index (χ3v) is 3.28. The molecule has 0 bridgehead atoms. The smallest absolute Gasteiger partial charge is 0.260 e. The van der Waals surface area contributed by atoms with Gasteiger partial charge in [-0.1, -0.05) is 12.1 Å². The van der Waals surface area contributed by atoms with Crippen molar-refractivity contribution >= 4 is 28.2 Å². The first-order valence-corrected chi connectivity index (χ1v) is 6.32. The Kier molecular flexibility index (Phi) is 2.77. The minimum atomic E-state index is -0.137. The highest BCUT2D eigenvalue weighted by molar-refractivity contribution is 7.09. The molecule has 0 saturated heterocycles. The van der Waals surface area contributed by atoms with Crippen LogP contribution in [0.5, 0.6) is 0 Å². The molecular formula is C12H10N4OS. The zero-order valence-corrected chi connectivity index (χ0v) is 10.2. The van der Waals surface area contributed by atoms with E-state index < -0.39 is 0 Å². The molecule has 5 nitrogen and oxygen atoms in total. The second-order valence-corrected chi connectivity index (χ2v) is 4.69. The topological polar surface area (TPSA) is 70.7 Å². The van der Waals surface area contributed by atoms with Gasteiger partial charge in [-0.3, -0.25) is 9.78 Å². The fourth-order valence-electron chi connectivity index (χ4n) is 1.67. The molecule has 0 spiro atoms. The lowest BCUT2D eigenvalue weighted by Crippen LogP contribution is -2.13. The molecule has 0 aliphatic carbocycles. The summed E-state index contributed by atoms with van der Waals surface area (Å²) in [5, 5.41) is 6.52. The predicted octanol–water partition coefficient (Wildman–Crippen LogP) is 1.99. The Labute approximate surface area is 107 Å². The molecule has 0 aliphatic heterocycles. The Bertz CT molecular complexity index is 720. The molecule has 0 amide bonds. The molecular weight excluding hydrogens is 248 g/mol. The zero-order valence-electron chi connectivity index (χ0n) is 9.38. The van der Waals surface area contributed by atoms with E-state index in [1.807, 2.05) is 23.6 Å². The average Bonchev–Trinajstić information content (AvgIpc) is 2.90. The van der Waals surface area contributed by atoms with E-state index in [2.05, 4.69) is 20.3 Å². The number of benzene rings is 1. The number of aromatic nitrogens is 3. The Morgan fingerprint density at radius 2 is 2.22 bits per heavy atom. The third-order valence-electron chi connectivity index (χ3n) is 2.50. The number of fused-ring (bicyclic) bond motifs is 1. The van der Waals surface area contributed by atoms with Gasteiger partial charge in [0.1, 0.15) is 5.01 Å². The maximum Gasteiger partial charge on any atom is 0.260 e. The van der Waals surface area contributed by atoms with Crippen molar-refractivity contribution in [3.63, 3.8) is 0 Å². The van der Waals surface area contributed by atoms with Crippen LogP contribution in [0.1, 0.15) is 5.01 Å². The van der Waals surface area contributed by atoms with E-state index in [-0.39, 0.29) is 5.56 Å². The normalized spacial score (nSPS) is 10.7. The molecule has 0 unspecified atom stereocenters. The maximum atomic E-state index is 11.8. The average molecular weight is 258 g/mol. The van der Waals surface area contributed by atoms with Crippen LogP contribution in [-0.2, 0) is 6.54 Å². The van der Waals surface area contributed by atoms with Crippen molar-refractivity contribution in [3.8, 4) is 0 Å². The highest BCUT2D eigenvalue weighted by Gasteiger charge is 2.03. The van der Waals surface area contributed by atoms with Crippen molar-refractivity contribution in [1.82, 2.24) is 15.0 Å². The van der Waals surface area contributed by atoms with Gasteiger partial charge in [-0.2, -0.15) is 0 Å². The number of hydrogen-bond donors (Lipinski definition) is 2. The van der Waals surface area contributed by atoms with Crippen molar-refractivity contribution in [3.05, 3.63) is 51.2 Å². The molecule has 90 valence electrons. The van der Waals surface area contributed by atoms with Gasteiger partial charge in [0.05, 0.1) is 17.4 Å². The van der Waals surface area contributed by atoms with E-state index in [1.54, 1.807) is 23.6 Å². The first kappa shape index (κ1) is 10.9. The standard InChI is InChI=1S/C12H10N4OS/c17-11-8-3-1-2-4-9(8)15-12(16-11)14-7-10-13-5-6-18-10/h1-6H,7H2,(H2,14,15,16,17). The van der Waals surface area contributed by atoms with Gasteiger partial charge in [0.15, 0.2) is 0 Å². The number of H-pyrrole nitrogens is 1. The monoisotopic (exact) mass is 258 g/mol. The number of aromatic amines is 1. The van der Waals surface area contributed by atoms with Crippen molar-refractivity contribution in [2.24, 2.45) is 0 Å². The van der Waals surface area contributed by atoms with Crippen LogP contribution < -0.4 is 10.9 Å². The second-order valence-electron chi connectivity index (χ2n) is 3.71. The van der Waals surface area contributed by atoms with E-state index in [1.165, 1.54) is 0 Å². The van der Waals surface area contributed by atoms with Crippen LogP contribution in [0.25, 0.3) is 10.9 Å². The van der Waals surface area contributed by atoms with E-state index >= 15 is 0 Å². The van der Waals surface area contributed by atoms with Crippen LogP contribution in [0, 0.1) is 0 Å². The first-order valence-electron chi connectivity index (χ1n) is 5.44. The lowest BCUT2D eigenvalue weighted by Gasteiger charge is -2.04. The van der Waals surface area contributed by atoms with Crippen molar-refractivity contribution in [2.45, 2.75) is 6.54 Å². The number of thiazole rings is 1. The van der Waals surface area contributed by atoms with Crippen molar-refractivity contribution in [2.75, 3.05) is 5.32 Å². The second kappa shape index (κ2) is 4.58. The molecule has 18 heavy (non-hydrogen) atoms. The van der Waals surface area contributed by atoms with Gasteiger partial charge in [0.2, 0.25) is 5.95 Å². The van der Waals surface area contributed by atoms with E-state index in [4.69, 9.17) is 0 Å². The minimum Gasteiger partial charge on any atom is -0.349 e. The van der Waals surface area contributed by atoms with Gasteiger partial charge in [-0.05, 0) is 12.1 Å². The highest BCUT2D eigenvalue weighted by Crippen LogP contribution is 2.09. The third kappa shape index (κ3) is 2.10. The summed E-state index contributed by atoms with van der Waals surface area (Å²) in [7, 11) is 0. The molecule has 0 fully saturated rings. The van der Waals surface area contributed by atoms with E-state index in [0.29, 0.717) is 23.4 Å². The van der Waals surface area contributed by atoms with Gasteiger partial charge in [0.25, 0.3) is 5.56 Å². The highest BCUT2D eigenvalue weighted by atomic mass is 32.1. The molecule has 0 atom stereocenters. The van der Waals surface area contributed by atoms with E-state index in [0.717, 1.165) is 5.01 Å². The minimum absolute atomic E-state index is 0.137. The summed E-state index contributed by atoms with van der Waals surface area (Å²) in [4.78, 5) is 23.0. The largest absolute Gasteiger partial charge is 0.349 e. The molecule has 2 N–H and O–H groups in total. The summed E-state index contributed by atoms with van der Waals surface area (Å²) in [5.41, 5.74) is 0.546. The van der Waals surface area contributed by atoms with Crippen molar-refractivity contribution < 1.29 is 0 Å².